The molecule has 2 heteroatoms. The van der Waals surface area contributed by atoms with E-state index in [1.807, 2.05) is 13.8 Å². The van der Waals surface area contributed by atoms with Crippen molar-refractivity contribution in [1.29, 1.82) is 0 Å². The van der Waals surface area contributed by atoms with Crippen LogP contribution in [0.3, 0.4) is 0 Å². The highest BCUT2D eigenvalue weighted by Crippen LogP contribution is 2.28. The molecular formula is C21H35NO. The third-order valence-electron chi connectivity index (χ3n) is 4.96. The second kappa shape index (κ2) is 9.10. The van der Waals surface area contributed by atoms with E-state index in [0.717, 1.165) is 23.1 Å². The van der Waals surface area contributed by atoms with E-state index in [1.165, 1.54) is 48.8 Å². The van der Waals surface area contributed by atoms with Crippen LogP contribution in [-0.2, 0) is 6.42 Å². The van der Waals surface area contributed by atoms with Crippen LogP contribution in [0.15, 0.2) is 0 Å². The van der Waals surface area contributed by atoms with E-state index in [4.69, 9.17) is 0 Å². The molecule has 1 aromatic carbocycles. The Balaban J connectivity index is 3.01. The minimum absolute atomic E-state index is 0.0655. The van der Waals surface area contributed by atoms with Gasteiger partial charge in [0, 0.05) is 11.6 Å². The van der Waals surface area contributed by atoms with Crippen molar-refractivity contribution in [3.8, 4) is 0 Å². The Morgan fingerprint density at radius 1 is 0.870 bits per heavy atom. The molecule has 1 amide bonds. The molecule has 0 aliphatic heterocycles. The number of carbonyl (C=O) groups excluding carboxylic acids is 1. The van der Waals surface area contributed by atoms with Crippen LogP contribution in [0.1, 0.15) is 91.1 Å². The summed E-state index contributed by atoms with van der Waals surface area (Å²) in [6, 6.07) is 0.167. The van der Waals surface area contributed by atoms with Crippen molar-refractivity contribution < 1.29 is 4.79 Å². The lowest BCUT2D eigenvalue weighted by molar-refractivity contribution is 0.0941. The van der Waals surface area contributed by atoms with Crippen LogP contribution in [0.4, 0.5) is 0 Å². The van der Waals surface area contributed by atoms with Gasteiger partial charge in [-0.3, -0.25) is 4.79 Å². The number of benzene rings is 1. The van der Waals surface area contributed by atoms with Gasteiger partial charge in [-0.2, -0.15) is 0 Å². The van der Waals surface area contributed by atoms with Crippen LogP contribution in [0.5, 0.6) is 0 Å². The first-order valence-electron chi connectivity index (χ1n) is 9.21. The first-order chi connectivity index (χ1) is 10.8. The monoisotopic (exact) mass is 317 g/mol. The quantitative estimate of drug-likeness (QED) is 0.624. The maximum absolute atomic E-state index is 12.5. The molecule has 0 spiro atoms. The summed E-state index contributed by atoms with van der Waals surface area (Å²) >= 11 is 0. The van der Waals surface area contributed by atoms with Crippen LogP contribution in [0, 0.1) is 27.7 Å². The fourth-order valence-corrected chi connectivity index (χ4v) is 3.35. The number of hydrogen-bond acceptors (Lipinski definition) is 1. The molecule has 0 aliphatic rings. The van der Waals surface area contributed by atoms with Crippen LogP contribution in [0.25, 0.3) is 0 Å². The van der Waals surface area contributed by atoms with Gasteiger partial charge < -0.3 is 5.32 Å². The van der Waals surface area contributed by atoms with Gasteiger partial charge in [-0.05, 0) is 82.2 Å². The first kappa shape index (κ1) is 19.7. The molecule has 0 atom stereocenters. The summed E-state index contributed by atoms with van der Waals surface area (Å²) < 4.78 is 0. The summed E-state index contributed by atoms with van der Waals surface area (Å²) in [5.41, 5.74) is 7.24. The predicted molar refractivity (Wildman–Crippen MR) is 100 cm³/mol. The summed E-state index contributed by atoms with van der Waals surface area (Å²) in [4.78, 5) is 12.5. The minimum Gasteiger partial charge on any atom is -0.350 e. The van der Waals surface area contributed by atoms with Crippen LogP contribution in [-0.4, -0.2) is 11.9 Å². The molecule has 0 aromatic heterocycles. The molecule has 0 aliphatic carbocycles. The molecule has 0 bridgehead atoms. The Morgan fingerprint density at radius 2 is 1.39 bits per heavy atom. The third kappa shape index (κ3) is 5.09. The van der Waals surface area contributed by atoms with Gasteiger partial charge in [-0.25, -0.2) is 0 Å². The van der Waals surface area contributed by atoms with Crippen molar-refractivity contribution in [2.75, 3.05) is 0 Å². The van der Waals surface area contributed by atoms with Gasteiger partial charge in [0.15, 0.2) is 0 Å². The average Bonchev–Trinajstić information content (AvgIpc) is 2.47. The van der Waals surface area contributed by atoms with Crippen LogP contribution >= 0.6 is 0 Å². The molecule has 23 heavy (non-hydrogen) atoms. The molecule has 0 heterocycles. The first-order valence-corrected chi connectivity index (χ1v) is 9.21. The van der Waals surface area contributed by atoms with Gasteiger partial charge in [-0.1, -0.05) is 32.6 Å². The molecule has 0 radical (unpaired) electrons. The summed E-state index contributed by atoms with van der Waals surface area (Å²) in [6.07, 6.45) is 7.65. The Morgan fingerprint density at radius 3 is 1.87 bits per heavy atom. The molecule has 0 saturated heterocycles. The number of unbranched alkanes of at least 4 members (excludes halogenated alkanes) is 4. The van der Waals surface area contributed by atoms with E-state index in [9.17, 15) is 4.79 Å². The third-order valence-corrected chi connectivity index (χ3v) is 4.96. The van der Waals surface area contributed by atoms with Crippen molar-refractivity contribution in [3.05, 3.63) is 33.4 Å². The normalized spacial score (nSPS) is 11.1. The van der Waals surface area contributed by atoms with Gasteiger partial charge in [0.05, 0.1) is 0 Å². The van der Waals surface area contributed by atoms with Gasteiger partial charge in [0.2, 0.25) is 0 Å². The van der Waals surface area contributed by atoms with Crippen molar-refractivity contribution >= 4 is 5.91 Å². The standard InChI is InChI=1S/C21H35NO/c1-8-9-10-11-12-13-19-15(4)17(6)20(18(7)16(19)5)21(23)22-14(2)3/h14H,8-13H2,1-7H3,(H,22,23). The Labute approximate surface area is 143 Å². The maximum atomic E-state index is 12.5. The largest absolute Gasteiger partial charge is 0.350 e. The van der Waals surface area contributed by atoms with Crippen molar-refractivity contribution in [3.63, 3.8) is 0 Å². The minimum atomic E-state index is 0.0655. The van der Waals surface area contributed by atoms with Crippen molar-refractivity contribution in [2.24, 2.45) is 0 Å². The van der Waals surface area contributed by atoms with E-state index < -0.39 is 0 Å². The summed E-state index contributed by atoms with van der Waals surface area (Å²) in [6.45, 7) is 14.8. The maximum Gasteiger partial charge on any atom is 0.252 e. The second-order valence-corrected chi connectivity index (χ2v) is 7.15. The highest BCUT2D eigenvalue weighted by Gasteiger charge is 2.19. The van der Waals surface area contributed by atoms with Crippen molar-refractivity contribution in [1.82, 2.24) is 5.32 Å². The number of hydrogen-bond donors (Lipinski definition) is 1. The van der Waals surface area contributed by atoms with Crippen molar-refractivity contribution in [2.45, 2.75) is 93.0 Å². The molecular weight excluding hydrogens is 282 g/mol. The molecule has 2 nitrogen and oxygen atoms in total. The number of carbonyl (C=O) groups is 1. The smallest absolute Gasteiger partial charge is 0.252 e. The van der Waals surface area contributed by atoms with E-state index in [-0.39, 0.29) is 11.9 Å². The molecule has 0 saturated carbocycles. The zero-order chi connectivity index (χ0) is 17.6. The van der Waals surface area contributed by atoms with E-state index in [2.05, 4.69) is 39.9 Å². The lowest BCUT2D eigenvalue weighted by atomic mass is 9.86. The second-order valence-electron chi connectivity index (χ2n) is 7.15. The molecule has 1 aromatic rings. The SMILES string of the molecule is CCCCCCCc1c(C)c(C)c(C(=O)NC(C)C)c(C)c1C. The average molecular weight is 318 g/mol. The lowest BCUT2D eigenvalue weighted by Crippen LogP contribution is -2.31. The zero-order valence-corrected chi connectivity index (χ0v) is 16.2. The topological polar surface area (TPSA) is 29.1 Å². The van der Waals surface area contributed by atoms with E-state index in [0.29, 0.717) is 0 Å². The number of rotatable bonds is 8. The van der Waals surface area contributed by atoms with Gasteiger partial charge in [0.25, 0.3) is 5.91 Å². The molecule has 0 fully saturated rings. The predicted octanol–water partition coefficient (Wildman–Crippen LogP) is 5.57. The number of nitrogens with one attached hydrogen (secondary N) is 1. The number of amides is 1. The van der Waals surface area contributed by atoms with E-state index >= 15 is 0 Å². The van der Waals surface area contributed by atoms with Gasteiger partial charge >= 0.3 is 0 Å². The summed E-state index contributed by atoms with van der Waals surface area (Å²) in [7, 11) is 0. The molecule has 1 N–H and O–H groups in total. The molecule has 0 unspecified atom stereocenters. The van der Waals surface area contributed by atoms with Gasteiger partial charge in [-0.15, -0.1) is 0 Å². The lowest BCUT2D eigenvalue weighted by Gasteiger charge is -2.21. The van der Waals surface area contributed by atoms with E-state index in [1.54, 1.807) is 0 Å². The van der Waals surface area contributed by atoms with Crippen LogP contribution < -0.4 is 5.32 Å². The summed E-state index contributed by atoms with van der Waals surface area (Å²) in [5, 5.41) is 3.04. The van der Waals surface area contributed by atoms with Gasteiger partial charge in [0.1, 0.15) is 0 Å². The Hall–Kier alpha value is -1.31. The molecule has 1 rings (SSSR count). The molecule has 130 valence electrons. The van der Waals surface area contributed by atoms with Crippen LogP contribution in [0.2, 0.25) is 0 Å². The summed E-state index contributed by atoms with van der Waals surface area (Å²) in [5.74, 6) is 0.0655. The highest BCUT2D eigenvalue weighted by molar-refractivity contribution is 5.98. The fourth-order valence-electron chi connectivity index (χ4n) is 3.35. The zero-order valence-electron chi connectivity index (χ0n) is 16.2. The Kier molecular flexibility index (Phi) is 7.81. The fraction of sp³-hybridized carbons (Fsp3) is 0.667. The Bertz CT molecular complexity index is 514. The highest BCUT2D eigenvalue weighted by atomic mass is 16.1.